The molecule has 3 N–H and O–H groups in total. The highest BCUT2D eigenvalue weighted by Crippen LogP contribution is 2.16. The molecular weight excluding hydrogens is 195 g/mol. The highest BCUT2D eigenvalue weighted by Gasteiger charge is 2.10. The summed E-state index contributed by atoms with van der Waals surface area (Å²) in [5.74, 6) is -0.820. The first-order chi connectivity index (χ1) is 7.04. The fourth-order valence-electron chi connectivity index (χ4n) is 1.06. The van der Waals surface area contributed by atoms with Gasteiger partial charge in [-0.15, -0.1) is 0 Å². The van der Waals surface area contributed by atoms with Gasteiger partial charge in [-0.3, -0.25) is 4.79 Å². The van der Waals surface area contributed by atoms with Gasteiger partial charge in [0.15, 0.2) is 0 Å². The molecule has 0 fully saturated rings. The summed E-state index contributed by atoms with van der Waals surface area (Å²) in [5, 5.41) is 2.51. The number of carbonyl (C=O) groups excluding carboxylic acids is 1. The lowest BCUT2D eigenvalue weighted by Gasteiger charge is -2.09. The van der Waals surface area contributed by atoms with Gasteiger partial charge < -0.3 is 11.1 Å². The molecular formula is C11H15FN2O. The third-order valence-electron chi connectivity index (χ3n) is 2.05. The van der Waals surface area contributed by atoms with Gasteiger partial charge in [-0.25, -0.2) is 4.39 Å². The molecule has 1 rings (SSSR count). The maximum Gasteiger partial charge on any atom is 0.227 e. The van der Waals surface area contributed by atoms with Gasteiger partial charge in [-0.1, -0.05) is 19.9 Å². The lowest BCUT2D eigenvalue weighted by molar-refractivity contribution is -0.118. The molecule has 0 aliphatic heterocycles. The topological polar surface area (TPSA) is 55.1 Å². The van der Waals surface area contributed by atoms with Crippen LogP contribution in [0.2, 0.25) is 0 Å². The second-order valence-electron chi connectivity index (χ2n) is 3.66. The maximum atomic E-state index is 13.4. The van der Waals surface area contributed by atoms with Crippen LogP contribution in [0.25, 0.3) is 0 Å². The largest absolute Gasteiger partial charge is 0.326 e. The SMILES string of the molecule is CC(C)C(=O)Nc1ccc(CN)cc1F. The number of anilines is 1. The van der Waals surface area contributed by atoms with Crippen LogP contribution in [0, 0.1) is 11.7 Å². The van der Waals surface area contributed by atoms with Crippen molar-refractivity contribution in [2.75, 3.05) is 5.32 Å². The molecule has 0 saturated carbocycles. The normalized spacial score (nSPS) is 10.5. The van der Waals surface area contributed by atoms with E-state index in [0.717, 1.165) is 0 Å². The molecule has 1 aromatic carbocycles. The molecule has 0 aliphatic rings. The Labute approximate surface area is 88.5 Å². The first-order valence-corrected chi connectivity index (χ1v) is 4.84. The first-order valence-electron chi connectivity index (χ1n) is 4.84. The van der Waals surface area contributed by atoms with E-state index in [1.807, 2.05) is 0 Å². The van der Waals surface area contributed by atoms with Crippen LogP contribution in [0.15, 0.2) is 18.2 Å². The van der Waals surface area contributed by atoms with Crippen molar-refractivity contribution in [1.82, 2.24) is 0 Å². The van der Waals surface area contributed by atoms with Crippen molar-refractivity contribution in [3.8, 4) is 0 Å². The summed E-state index contributed by atoms with van der Waals surface area (Å²) in [6.07, 6.45) is 0. The maximum absolute atomic E-state index is 13.4. The Morgan fingerprint density at radius 3 is 2.67 bits per heavy atom. The number of benzene rings is 1. The van der Waals surface area contributed by atoms with Crippen LogP contribution in [-0.2, 0) is 11.3 Å². The van der Waals surface area contributed by atoms with E-state index >= 15 is 0 Å². The van der Waals surface area contributed by atoms with Gasteiger partial charge in [0.2, 0.25) is 5.91 Å². The highest BCUT2D eigenvalue weighted by atomic mass is 19.1. The molecule has 0 spiro atoms. The monoisotopic (exact) mass is 210 g/mol. The number of amides is 1. The lowest BCUT2D eigenvalue weighted by atomic mass is 10.1. The van der Waals surface area contributed by atoms with Crippen molar-refractivity contribution in [3.05, 3.63) is 29.6 Å². The van der Waals surface area contributed by atoms with E-state index in [1.165, 1.54) is 12.1 Å². The molecule has 15 heavy (non-hydrogen) atoms. The molecule has 0 aromatic heterocycles. The van der Waals surface area contributed by atoms with E-state index in [-0.39, 0.29) is 24.1 Å². The second-order valence-corrected chi connectivity index (χ2v) is 3.66. The van der Waals surface area contributed by atoms with E-state index < -0.39 is 5.82 Å². The molecule has 3 nitrogen and oxygen atoms in total. The lowest BCUT2D eigenvalue weighted by Crippen LogP contribution is -2.18. The summed E-state index contributed by atoms with van der Waals surface area (Å²) in [7, 11) is 0. The average Bonchev–Trinajstić information content (AvgIpc) is 2.20. The molecule has 1 aromatic rings. The standard InChI is InChI=1S/C11H15FN2O/c1-7(2)11(15)14-10-4-3-8(6-13)5-9(10)12/h3-5,7H,6,13H2,1-2H3,(H,14,15). The summed E-state index contributed by atoms with van der Waals surface area (Å²) in [6, 6.07) is 4.55. The van der Waals surface area contributed by atoms with Crippen LogP contribution in [0.4, 0.5) is 10.1 Å². The number of rotatable bonds is 3. The molecule has 0 bridgehead atoms. The zero-order chi connectivity index (χ0) is 11.4. The molecule has 4 heteroatoms. The minimum absolute atomic E-state index is 0.168. The number of nitrogens with two attached hydrogens (primary N) is 1. The summed E-state index contributed by atoms with van der Waals surface area (Å²) in [6.45, 7) is 3.79. The predicted molar refractivity (Wildman–Crippen MR) is 57.8 cm³/mol. The Bertz CT molecular complexity index is 364. The Kier molecular flexibility index (Phi) is 3.80. The summed E-state index contributed by atoms with van der Waals surface area (Å²) in [4.78, 5) is 11.3. The highest BCUT2D eigenvalue weighted by molar-refractivity contribution is 5.92. The molecule has 0 unspecified atom stereocenters. The van der Waals surface area contributed by atoms with Crippen molar-refractivity contribution in [2.45, 2.75) is 20.4 Å². The molecule has 0 radical (unpaired) electrons. The molecule has 82 valence electrons. The number of carbonyl (C=O) groups is 1. The number of hydrogen-bond acceptors (Lipinski definition) is 2. The minimum Gasteiger partial charge on any atom is -0.326 e. The van der Waals surface area contributed by atoms with Crippen molar-refractivity contribution in [1.29, 1.82) is 0 Å². The van der Waals surface area contributed by atoms with E-state index in [4.69, 9.17) is 5.73 Å². The van der Waals surface area contributed by atoms with Crippen molar-refractivity contribution >= 4 is 11.6 Å². The average molecular weight is 210 g/mol. The quantitative estimate of drug-likeness (QED) is 0.800. The molecule has 0 heterocycles. The van der Waals surface area contributed by atoms with Crippen LogP contribution in [0.5, 0.6) is 0 Å². The molecule has 0 saturated heterocycles. The van der Waals surface area contributed by atoms with Gasteiger partial charge in [-0.2, -0.15) is 0 Å². The van der Waals surface area contributed by atoms with Gasteiger partial charge in [0, 0.05) is 12.5 Å². The first kappa shape index (κ1) is 11.7. The van der Waals surface area contributed by atoms with Gasteiger partial charge >= 0.3 is 0 Å². The van der Waals surface area contributed by atoms with Crippen LogP contribution in [-0.4, -0.2) is 5.91 Å². The van der Waals surface area contributed by atoms with Gasteiger partial charge in [0.1, 0.15) is 5.82 Å². The number of nitrogens with one attached hydrogen (secondary N) is 1. The molecule has 0 aliphatic carbocycles. The zero-order valence-electron chi connectivity index (χ0n) is 8.88. The van der Waals surface area contributed by atoms with Crippen LogP contribution < -0.4 is 11.1 Å². The Hall–Kier alpha value is -1.42. The Morgan fingerprint density at radius 1 is 1.53 bits per heavy atom. The third kappa shape index (κ3) is 3.02. The van der Waals surface area contributed by atoms with Crippen LogP contribution in [0.1, 0.15) is 19.4 Å². The Balaban J connectivity index is 2.83. The Morgan fingerprint density at radius 2 is 2.20 bits per heavy atom. The van der Waals surface area contributed by atoms with Crippen molar-refractivity contribution in [2.24, 2.45) is 11.7 Å². The number of halogens is 1. The fraction of sp³-hybridized carbons (Fsp3) is 0.364. The van der Waals surface area contributed by atoms with Crippen molar-refractivity contribution in [3.63, 3.8) is 0 Å². The third-order valence-corrected chi connectivity index (χ3v) is 2.05. The number of hydrogen-bond donors (Lipinski definition) is 2. The van der Waals surface area contributed by atoms with Crippen molar-refractivity contribution < 1.29 is 9.18 Å². The summed E-state index contributed by atoms with van der Waals surface area (Å²) < 4.78 is 13.4. The molecule has 1 amide bonds. The van der Waals surface area contributed by atoms with Crippen LogP contribution >= 0.6 is 0 Å². The molecule has 0 atom stereocenters. The smallest absolute Gasteiger partial charge is 0.227 e. The summed E-state index contributed by atoms with van der Waals surface area (Å²) >= 11 is 0. The zero-order valence-corrected chi connectivity index (χ0v) is 8.88. The summed E-state index contributed by atoms with van der Waals surface area (Å²) in [5.41, 5.74) is 6.27. The van der Waals surface area contributed by atoms with E-state index in [1.54, 1.807) is 19.9 Å². The van der Waals surface area contributed by atoms with Crippen LogP contribution in [0.3, 0.4) is 0 Å². The van der Waals surface area contributed by atoms with Gasteiger partial charge in [0.05, 0.1) is 5.69 Å². The van der Waals surface area contributed by atoms with Gasteiger partial charge in [-0.05, 0) is 17.7 Å². The predicted octanol–water partition coefficient (Wildman–Crippen LogP) is 1.88. The fourth-order valence-corrected chi connectivity index (χ4v) is 1.06. The van der Waals surface area contributed by atoms with Gasteiger partial charge in [0.25, 0.3) is 0 Å². The van der Waals surface area contributed by atoms with E-state index in [0.29, 0.717) is 5.56 Å². The van der Waals surface area contributed by atoms with E-state index in [2.05, 4.69) is 5.32 Å². The van der Waals surface area contributed by atoms with E-state index in [9.17, 15) is 9.18 Å². The second kappa shape index (κ2) is 4.89. The minimum atomic E-state index is -0.452.